The first-order valence-electron chi connectivity index (χ1n) is 10.0. The summed E-state index contributed by atoms with van der Waals surface area (Å²) in [6, 6.07) is 12.0. The molecule has 1 aliphatic rings. The maximum Gasteiger partial charge on any atom is 0.341 e. The average molecular weight is 500 g/mol. The lowest BCUT2D eigenvalue weighted by atomic mass is 10.0. The van der Waals surface area contributed by atoms with Gasteiger partial charge >= 0.3 is 5.97 Å². The summed E-state index contributed by atoms with van der Waals surface area (Å²) in [5.74, 6) is -0.696. The molecule has 8 heteroatoms. The van der Waals surface area contributed by atoms with E-state index in [4.69, 9.17) is 4.74 Å². The number of nitrogens with zero attached hydrogens (tertiary/aromatic N) is 2. The molecule has 0 saturated carbocycles. The number of rotatable bonds is 6. The van der Waals surface area contributed by atoms with Crippen molar-refractivity contribution in [1.82, 2.24) is 9.88 Å². The summed E-state index contributed by atoms with van der Waals surface area (Å²) < 4.78 is 6.02. The Labute approximate surface area is 193 Å². The number of thiophene rings is 1. The van der Waals surface area contributed by atoms with Crippen LogP contribution in [0.25, 0.3) is 0 Å². The molecule has 2 aromatic heterocycles. The molecule has 6 nitrogen and oxygen atoms in total. The maximum absolute atomic E-state index is 12.8. The van der Waals surface area contributed by atoms with E-state index in [0.29, 0.717) is 20.6 Å². The van der Waals surface area contributed by atoms with Crippen molar-refractivity contribution in [2.24, 2.45) is 0 Å². The summed E-state index contributed by atoms with van der Waals surface area (Å²) in [5, 5.41) is 3.45. The predicted octanol–water partition coefficient (Wildman–Crippen LogP) is 4.89. The molecule has 1 aromatic carbocycles. The van der Waals surface area contributed by atoms with Crippen LogP contribution in [-0.4, -0.2) is 34.9 Å². The molecule has 1 aliphatic heterocycles. The van der Waals surface area contributed by atoms with E-state index >= 15 is 0 Å². The zero-order valence-corrected chi connectivity index (χ0v) is 19.5. The van der Waals surface area contributed by atoms with Gasteiger partial charge in [0.2, 0.25) is 0 Å². The Hall–Kier alpha value is -2.55. The number of benzene rings is 1. The molecule has 0 radical (unpaired) electrons. The second kappa shape index (κ2) is 9.72. The molecule has 1 amide bonds. The Balaban J connectivity index is 1.60. The van der Waals surface area contributed by atoms with E-state index in [9.17, 15) is 9.59 Å². The highest BCUT2D eigenvalue weighted by Crippen LogP contribution is 2.38. The van der Waals surface area contributed by atoms with E-state index in [1.54, 1.807) is 19.2 Å². The number of pyridine rings is 1. The van der Waals surface area contributed by atoms with Crippen molar-refractivity contribution in [1.29, 1.82) is 0 Å². The third-order valence-electron chi connectivity index (χ3n) is 5.06. The van der Waals surface area contributed by atoms with Gasteiger partial charge in [0.1, 0.15) is 5.00 Å². The van der Waals surface area contributed by atoms with Gasteiger partial charge < -0.3 is 10.1 Å². The van der Waals surface area contributed by atoms with Gasteiger partial charge in [0, 0.05) is 41.4 Å². The lowest BCUT2D eigenvalue weighted by molar-refractivity contribution is 0.0526. The number of nitrogens with one attached hydrogen (secondary N) is 1. The molecule has 4 rings (SSSR count). The van der Waals surface area contributed by atoms with Gasteiger partial charge in [0.25, 0.3) is 5.91 Å². The second-order valence-electron chi connectivity index (χ2n) is 7.22. The van der Waals surface area contributed by atoms with E-state index in [1.165, 1.54) is 23.1 Å². The first kappa shape index (κ1) is 21.7. The quantitative estimate of drug-likeness (QED) is 0.488. The number of fused-ring (bicyclic) bond motifs is 1. The maximum atomic E-state index is 12.8. The van der Waals surface area contributed by atoms with Crippen molar-refractivity contribution in [2.75, 3.05) is 18.5 Å². The summed E-state index contributed by atoms with van der Waals surface area (Å²) in [6.07, 6.45) is 3.85. The number of hydrogen-bond acceptors (Lipinski definition) is 6. The molecule has 0 atom stereocenters. The molecule has 1 N–H and O–H groups in total. The number of hydrogen-bond donors (Lipinski definition) is 1. The number of ether oxygens (including phenoxy) is 1. The largest absolute Gasteiger partial charge is 0.462 e. The van der Waals surface area contributed by atoms with Crippen molar-refractivity contribution >= 4 is 44.1 Å². The zero-order chi connectivity index (χ0) is 21.8. The summed E-state index contributed by atoms with van der Waals surface area (Å²) in [6.45, 7) is 4.48. The smallest absolute Gasteiger partial charge is 0.341 e. The van der Waals surface area contributed by atoms with E-state index in [0.717, 1.165) is 36.5 Å². The summed E-state index contributed by atoms with van der Waals surface area (Å²) in [4.78, 5) is 33.0. The molecule has 31 heavy (non-hydrogen) atoms. The van der Waals surface area contributed by atoms with Gasteiger partial charge in [0.15, 0.2) is 0 Å². The van der Waals surface area contributed by atoms with Gasteiger partial charge in [-0.3, -0.25) is 14.7 Å². The number of carbonyl (C=O) groups excluding carboxylic acids is 2. The van der Waals surface area contributed by atoms with Crippen LogP contribution in [-0.2, 0) is 24.2 Å². The number of aromatic nitrogens is 1. The Bertz CT molecular complexity index is 1100. The fourth-order valence-corrected chi connectivity index (χ4v) is 5.29. The monoisotopic (exact) mass is 499 g/mol. The van der Waals surface area contributed by atoms with Crippen LogP contribution in [0.5, 0.6) is 0 Å². The molecule has 3 heterocycles. The third-order valence-corrected chi connectivity index (χ3v) is 6.62. The minimum absolute atomic E-state index is 0.284. The number of anilines is 1. The standard InChI is InChI=1S/C23H22BrN3O3S/c1-2-30-23(29)20-18-8-9-27(13-15-6-4-3-5-7-15)14-19(18)31-22(20)26-21(28)16-10-17(24)12-25-11-16/h3-7,10-12H,2,8-9,13-14H2,1H3,(H,26,28). The van der Waals surface area contributed by atoms with Gasteiger partial charge in [-0.25, -0.2) is 4.79 Å². The number of halogens is 1. The van der Waals surface area contributed by atoms with Crippen molar-refractivity contribution in [3.63, 3.8) is 0 Å². The van der Waals surface area contributed by atoms with Crippen LogP contribution in [0.4, 0.5) is 5.00 Å². The molecule has 0 bridgehead atoms. The molecule has 160 valence electrons. The Morgan fingerprint density at radius 1 is 1.26 bits per heavy atom. The van der Waals surface area contributed by atoms with Crippen LogP contribution in [0.15, 0.2) is 53.3 Å². The lowest BCUT2D eigenvalue weighted by Gasteiger charge is -2.27. The molecule has 0 aliphatic carbocycles. The fraction of sp³-hybridized carbons (Fsp3) is 0.261. The van der Waals surface area contributed by atoms with Gasteiger partial charge in [-0.15, -0.1) is 11.3 Å². The lowest BCUT2D eigenvalue weighted by Crippen LogP contribution is -2.29. The first-order chi connectivity index (χ1) is 15.0. The Kier molecular flexibility index (Phi) is 6.80. The van der Waals surface area contributed by atoms with E-state index in [1.807, 2.05) is 18.2 Å². The molecule has 0 spiro atoms. The first-order valence-corrected chi connectivity index (χ1v) is 11.7. The van der Waals surface area contributed by atoms with Gasteiger partial charge in [-0.05, 0) is 46.5 Å². The van der Waals surface area contributed by atoms with Crippen molar-refractivity contribution in [2.45, 2.75) is 26.4 Å². The molecular weight excluding hydrogens is 478 g/mol. The van der Waals surface area contributed by atoms with Gasteiger partial charge in [0.05, 0.1) is 17.7 Å². The zero-order valence-electron chi connectivity index (χ0n) is 17.1. The summed E-state index contributed by atoms with van der Waals surface area (Å²) >= 11 is 4.79. The normalized spacial score (nSPS) is 13.5. The highest BCUT2D eigenvalue weighted by Gasteiger charge is 2.29. The van der Waals surface area contributed by atoms with Crippen LogP contribution >= 0.6 is 27.3 Å². The average Bonchev–Trinajstić information content (AvgIpc) is 3.11. The molecule has 0 unspecified atom stereocenters. The molecule has 3 aromatic rings. The van der Waals surface area contributed by atoms with Crippen molar-refractivity contribution < 1.29 is 14.3 Å². The predicted molar refractivity (Wildman–Crippen MR) is 124 cm³/mol. The number of carbonyl (C=O) groups is 2. The molecule has 0 saturated heterocycles. The van der Waals surface area contributed by atoms with Crippen LogP contribution in [0, 0.1) is 0 Å². The van der Waals surface area contributed by atoms with Gasteiger partial charge in [-0.1, -0.05) is 30.3 Å². The molecular formula is C23H22BrN3O3S. The Morgan fingerprint density at radius 2 is 2.06 bits per heavy atom. The highest BCUT2D eigenvalue weighted by molar-refractivity contribution is 9.10. The Morgan fingerprint density at radius 3 is 2.81 bits per heavy atom. The number of amides is 1. The third kappa shape index (κ3) is 5.03. The van der Waals surface area contributed by atoms with Crippen LogP contribution in [0.1, 0.15) is 43.6 Å². The fourth-order valence-electron chi connectivity index (χ4n) is 3.65. The second-order valence-corrected chi connectivity index (χ2v) is 9.24. The SMILES string of the molecule is CCOC(=O)c1c(NC(=O)c2cncc(Br)c2)sc2c1CCN(Cc1ccccc1)C2. The molecule has 0 fully saturated rings. The van der Waals surface area contributed by atoms with Crippen LogP contribution in [0.3, 0.4) is 0 Å². The van der Waals surface area contributed by atoms with Gasteiger partial charge in [-0.2, -0.15) is 0 Å². The van der Waals surface area contributed by atoms with Crippen LogP contribution in [0.2, 0.25) is 0 Å². The topological polar surface area (TPSA) is 71.5 Å². The van der Waals surface area contributed by atoms with E-state index in [-0.39, 0.29) is 18.5 Å². The summed E-state index contributed by atoms with van der Waals surface area (Å²) in [7, 11) is 0. The number of esters is 1. The minimum atomic E-state index is -0.390. The summed E-state index contributed by atoms with van der Waals surface area (Å²) in [5.41, 5.74) is 3.14. The highest BCUT2D eigenvalue weighted by atomic mass is 79.9. The van der Waals surface area contributed by atoms with Crippen molar-refractivity contribution in [3.8, 4) is 0 Å². The van der Waals surface area contributed by atoms with E-state index < -0.39 is 0 Å². The van der Waals surface area contributed by atoms with E-state index in [2.05, 4.69) is 43.3 Å². The minimum Gasteiger partial charge on any atom is -0.462 e. The van der Waals surface area contributed by atoms with Crippen molar-refractivity contribution in [3.05, 3.63) is 80.4 Å². The van der Waals surface area contributed by atoms with Crippen LogP contribution < -0.4 is 5.32 Å².